The molecule has 1 unspecified atom stereocenters. The van der Waals surface area contributed by atoms with Crippen molar-refractivity contribution in [1.82, 2.24) is 5.32 Å². The van der Waals surface area contributed by atoms with Crippen LogP contribution in [0.15, 0.2) is 24.3 Å². The fourth-order valence-corrected chi connectivity index (χ4v) is 2.95. The monoisotopic (exact) mass is 266 g/mol. The molecule has 0 amide bonds. The standard InChI is InChI=1S/C15H23ClN2/c1-11(10-12-4-2-3-5-15(12)16)18-14-8-6-13(17)7-9-14/h2-5,11,13-14,18H,6-10,17H2,1H3. The van der Waals surface area contributed by atoms with E-state index in [0.29, 0.717) is 18.1 Å². The van der Waals surface area contributed by atoms with Crippen molar-refractivity contribution in [1.29, 1.82) is 0 Å². The lowest BCUT2D eigenvalue weighted by atomic mass is 9.91. The van der Waals surface area contributed by atoms with Crippen LogP contribution in [0.5, 0.6) is 0 Å². The molecule has 0 heterocycles. The number of nitrogens with one attached hydrogen (secondary N) is 1. The minimum Gasteiger partial charge on any atom is -0.328 e. The van der Waals surface area contributed by atoms with Crippen LogP contribution >= 0.6 is 11.6 Å². The van der Waals surface area contributed by atoms with Crippen LogP contribution in [0.25, 0.3) is 0 Å². The molecule has 1 aliphatic carbocycles. The highest BCUT2D eigenvalue weighted by atomic mass is 35.5. The van der Waals surface area contributed by atoms with Crippen LogP contribution in [-0.4, -0.2) is 18.1 Å². The third kappa shape index (κ3) is 3.98. The molecule has 3 N–H and O–H groups in total. The third-order valence-electron chi connectivity index (χ3n) is 3.78. The number of benzene rings is 1. The topological polar surface area (TPSA) is 38.0 Å². The maximum Gasteiger partial charge on any atom is 0.0438 e. The molecule has 3 heteroatoms. The van der Waals surface area contributed by atoms with Gasteiger partial charge in [-0.1, -0.05) is 29.8 Å². The van der Waals surface area contributed by atoms with Crippen molar-refractivity contribution in [3.05, 3.63) is 34.9 Å². The van der Waals surface area contributed by atoms with E-state index in [1.165, 1.54) is 18.4 Å². The second-order valence-corrected chi connectivity index (χ2v) is 5.88. The van der Waals surface area contributed by atoms with Gasteiger partial charge in [-0.25, -0.2) is 0 Å². The van der Waals surface area contributed by atoms with E-state index in [2.05, 4.69) is 18.3 Å². The van der Waals surface area contributed by atoms with E-state index in [1.807, 2.05) is 18.2 Å². The summed E-state index contributed by atoms with van der Waals surface area (Å²) in [7, 11) is 0. The molecule has 0 aromatic heterocycles. The maximum absolute atomic E-state index is 6.19. The zero-order chi connectivity index (χ0) is 13.0. The Morgan fingerprint density at radius 1 is 1.28 bits per heavy atom. The molecule has 2 nitrogen and oxygen atoms in total. The molecule has 1 atom stereocenters. The quantitative estimate of drug-likeness (QED) is 0.879. The summed E-state index contributed by atoms with van der Waals surface area (Å²) in [5.41, 5.74) is 7.15. The molecule has 1 aromatic rings. The highest BCUT2D eigenvalue weighted by Gasteiger charge is 2.19. The molecule has 100 valence electrons. The fraction of sp³-hybridized carbons (Fsp3) is 0.600. The van der Waals surface area contributed by atoms with E-state index in [0.717, 1.165) is 24.3 Å². The Kier molecular flexibility index (Phi) is 5.04. The van der Waals surface area contributed by atoms with Gasteiger partial charge in [-0.2, -0.15) is 0 Å². The van der Waals surface area contributed by atoms with Crippen molar-refractivity contribution in [3.63, 3.8) is 0 Å². The SMILES string of the molecule is CC(Cc1ccccc1Cl)NC1CCC(N)CC1. The summed E-state index contributed by atoms with van der Waals surface area (Å²) in [5, 5.41) is 4.57. The first-order chi connectivity index (χ1) is 8.65. The predicted octanol–water partition coefficient (Wildman–Crippen LogP) is 3.13. The summed E-state index contributed by atoms with van der Waals surface area (Å²) < 4.78 is 0. The van der Waals surface area contributed by atoms with E-state index < -0.39 is 0 Å². The molecule has 0 aliphatic heterocycles. The van der Waals surface area contributed by atoms with Gasteiger partial charge in [-0.3, -0.25) is 0 Å². The van der Waals surface area contributed by atoms with Crippen molar-refractivity contribution in [2.75, 3.05) is 0 Å². The van der Waals surface area contributed by atoms with Crippen LogP contribution in [0.3, 0.4) is 0 Å². The summed E-state index contributed by atoms with van der Waals surface area (Å²) in [5.74, 6) is 0. The minimum atomic E-state index is 0.418. The Hall–Kier alpha value is -0.570. The molecule has 2 rings (SSSR count). The molecule has 1 fully saturated rings. The third-order valence-corrected chi connectivity index (χ3v) is 4.14. The molecule has 1 aliphatic rings. The van der Waals surface area contributed by atoms with E-state index in [-0.39, 0.29) is 0 Å². The van der Waals surface area contributed by atoms with Crippen LogP contribution in [0.2, 0.25) is 5.02 Å². The van der Waals surface area contributed by atoms with Gasteiger partial charge in [0, 0.05) is 23.1 Å². The van der Waals surface area contributed by atoms with E-state index in [1.54, 1.807) is 0 Å². The Labute approximate surface area is 115 Å². The summed E-state index contributed by atoms with van der Waals surface area (Å²) in [6.45, 7) is 2.23. The zero-order valence-corrected chi connectivity index (χ0v) is 11.8. The smallest absolute Gasteiger partial charge is 0.0438 e. The molecular formula is C15H23ClN2. The number of rotatable bonds is 4. The van der Waals surface area contributed by atoms with Crippen LogP contribution in [0.4, 0.5) is 0 Å². The first-order valence-electron chi connectivity index (χ1n) is 6.90. The molecule has 1 aromatic carbocycles. The second kappa shape index (κ2) is 6.55. The molecule has 0 saturated heterocycles. The van der Waals surface area contributed by atoms with E-state index in [9.17, 15) is 0 Å². The Morgan fingerprint density at radius 3 is 2.61 bits per heavy atom. The van der Waals surface area contributed by atoms with Crippen LogP contribution in [-0.2, 0) is 6.42 Å². The van der Waals surface area contributed by atoms with E-state index >= 15 is 0 Å². The summed E-state index contributed by atoms with van der Waals surface area (Å²) in [6, 6.07) is 9.61. The second-order valence-electron chi connectivity index (χ2n) is 5.47. The number of halogens is 1. The molecular weight excluding hydrogens is 244 g/mol. The fourth-order valence-electron chi connectivity index (χ4n) is 2.74. The zero-order valence-electron chi connectivity index (χ0n) is 11.0. The average molecular weight is 267 g/mol. The first kappa shape index (κ1) is 13.9. The Balaban J connectivity index is 1.82. The van der Waals surface area contributed by atoms with E-state index in [4.69, 9.17) is 17.3 Å². The highest BCUT2D eigenvalue weighted by Crippen LogP contribution is 2.20. The largest absolute Gasteiger partial charge is 0.328 e. The van der Waals surface area contributed by atoms with Crippen LogP contribution < -0.4 is 11.1 Å². The van der Waals surface area contributed by atoms with Gasteiger partial charge in [0.05, 0.1) is 0 Å². The molecule has 0 spiro atoms. The number of nitrogens with two attached hydrogens (primary N) is 1. The van der Waals surface area contributed by atoms with Gasteiger partial charge in [0.25, 0.3) is 0 Å². The lowest BCUT2D eigenvalue weighted by Crippen LogP contribution is -2.42. The summed E-state index contributed by atoms with van der Waals surface area (Å²) in [6.07, 6.45) is 5.69. The van der Waals surface area contributed by atoms with Gasteiger partial charge in [0.15, 0.2) is 0 Å². The number of hydrogen-bond acceptors (Lipinski definition) is 2. The van der Waals surface area contributed by atoms with Crippen molar-refractivity contribution in [2.24, 2.45) is 5.73 Å². The van der Waals surface area contributed by atoms with Crippen molar-refractivity contribution in [2.45, 2.75) is 57.2 Å². The van der Waals surface area contributed by atoms with Crippen molar-refractivity contribution < 1.29 is 0 Å². The van der Waals surface area contributed by atoms with Crippen molar-refractivity contribution in [3.8, 4) is 0 Å². The van der Waals surface area contributed by atoms with Crippen molar-refractivity contribution >= 4 is 11.6 Å². The van der Waals surface area contributed by atoms with Crippen LogP contribution in [0, 0.1) is 0 Å². The molecule has 0 bridgehead atoms. The van der Waals surface area contributed by atoms with Gasteiger partial charge >= 0.3 is 0 Å². The van der Waals surface area contributed by atoms with Crippen LogP contribution in [0.1, 0.15) is 38.2 Å². The van der Waals surface area contributed by atoms with Gasteiger partial charge in [0.2, 0.25) is 0 Å². The summed E-state index contributed by atoms with van der Waals surface area (Å²) in [4.78, 5) is 0. The Morgan fingerprint density at radius 2 is 1.94 bits per heavy atom. The normalized spacial score (nSPS) is 25.9. The lowest BCUT2D eigenvalue weighted by molar-refractivity contribution is 0.319. The molecule has 1 saturated carbocycles. The number of hydrogen-bond donors (Lipinski definition) is 2. The van der Waals surface area contributed by atoms with Gasteiger partial charge in [-0.15, -0.1) is 0 Å². The first-order valence-corrected chi connectivity index (χ1v) is 7.28. The van der Waals surface area contributed by atoms with Gasteiger partial charge in [0.1, 0.15) is 0 Å². The Bertz CT molecular complexity index is 373. The lowest BCUT2D eigenvalue weighted by Gasteiger charge is -2.29. The van der Waals surface area contributed by atoms with Gasteiger partial charge in [-0.05, 0) is 50.7 Å². The summed E-state index contributed by atoms with van der Waals surface area (Å²) >= 11 is 6.19. The molecule has 0 radical (unpaired) electrons. The highest BCUT2D eigenvalue weighted by molar-refractivity contribution is 6.31. The average Bonchev–Trinajstić information content (AvgIpc) is 2.35. The predicted molar refractivity (Wildman–Crippen MR) is 78.0 cm³/mol. The minimum absolute atomic E-state index is 0.418. The maximum atomic E-state index is 6.19. The van der Waals surface area contributed by atoms with Gasteiger partial charge < -0.3 is 11.1 Å². The molecule has 18 heavy (non-hydrogen) atoms.